The molecule has 0 amide bonds. The number of hydrogen-bond acceptors (Lipinski definition) is 6. The number of carbonyl (C=O) groups is 3. The Morgan fingerprint density at radius 3 is 0.784 bits per heavy atom. The van der Waals surface area contributed by atoms with E-state index in [-0.39, 0.29) is 31.1 Å². The lowest BCUT2D eigenvalue weighted by Crippen LogP contribution is -2.30. The SMILES string of the molecule is CCCCCCC\C=C/C=C\C=C/CCCCCCCC(=O)OCC(COC(=O)CCCCCCCCC/C=C\CCCCCCCCCC)OC(=O)CCCCCCCCCCCCCCCCCCCCC. The summed E-state index contributed by atoms with van der Waals surface area (Å²) in [7, 11) is 0. The van der Waals surface area contributed by atoms with Crippen molar-refractivity contribution >= 4 is 17.9 Å². The molecule has 0 spiro atoms. The molecule has 0 radical (unpaired) electrons. The Morgan fingerprint density at radius 1 is 0.270 bits per heavy atom. The van der Waals surface area contributed by atoms with Crippen LogP contribution in [0.25, 0.3) is 0 Å². The third-order valence-electron chi connectivity index (χ3n) is 14.6. The Bertz CT molecular complexity index is 1280. The number of hydrogen-bond donors (Lipinski definition) is 0. The molecule has 432 valence electrons. The van der Waals surface area contributed by atoms with E-state index in [4.69, 9.17) is 14.2 Å². The zero-order valence-electron chi connectivity index (χ0n) is 49.6. The molecule has 6 nitrogen and oxygen atoms in total. The van der Waals surface area contributed by atoms with Crippen molar-refractivity contribution in [2.24, 2.45) is 0 Å². The maximum atomic E-state index is 12.9. The van der Waals surface area contributed by atoms with E-state index in [1.165, 1.54) is 231 Å². The smallest absolute Gasteiger partial charge is 0.306 e. The van der Waals surface area contributed by atoms with Crippen molar-refractivity contribution in [1.82, 2.24) is 0 Å². The van der Waals surface area contributed by atoms with Gasteiger partial charge in [-0.25, -0.2) is 0 Å². The molecule has 0 rings (SSSR count). The van der Waals surface area contributed by atoms with Crippen LogP contribution < -0.4 is 0 Å². The molecule has 0 aromatic heterocycles. The van der Waals surface area contributed by atoms with E-state index in [0.29, 0.717) is 19.3 Å². The highest BCUT2D eigenvalue weighted by molar-refractivity contribution is 5.71. The van der Waals surface area contributed by atoms with Crippen molar-refractivity contribution < 1.29 is 28.6 Å². The minimum absolute atomic E-state index is 0.0786. The van der Waals surface area contributed by atoms with Crippen LogP contribution in [-0.2, 0) is 28.6 Å². The van der Waals surface area contributed by atoms with Crippen molar-refractivity contribution in [3.05, 3.63) is 48.6 Å². The van der Waals surface area contributed by atoms with Gasteiger partial charge in [-0.15, -0.1) is 0 Å². The van der Waals surface area contributed by atoms with E-state index in [1.807, 2.05) is 0 Å². The maximum absolute atomic E-state index is 12.9. The van der Waals surface area contributed by atoms with Gasteiger partial charge >= 0.3 is 17.9 Å². The molecule has 0 aliphatic heterocycles. The predicted molar refractivity (Wildman–Crippen MR) is 321 cm³/mol. The van der Waals surface area contributed by atoms with E-state index in [1.54, 1.807) is 0 Å². The van der Waals surface area contributed by atoms with E-state index in [2.05, 4.69) is 69.4 Å². The highest BCUT2D eigenvalue weighted by Crippen LogP contribution is 2.17. The van der Waals surface area contributed by atoms with Gasteiger partial charge in [-0.3, -0.25) is 14.4 Å². The molecule has 0 saturated heterocycles. The average molecular weight is 1040 g/mol. The Balaban J connectivity index is 4.38. The third kappa shape index (κ3) is 60.2. The molecule has 74 heavy (non-hydrogen) atoms. The second kappa shape index (κ2) is 62.9. The molecule has 0 saturated carbocycles. The van der Waals surface area contributed by atoms with E-state index < -0.39 is 6.10 Å². The molecule has 0 aromatic carbocycles. The van der Waals surface area contributed by atoms with Crippen LogP contribution in [0.1, 0.15) is 348 Å². The van der Waals surface area contributed by atoms with Crippen LogP contribution in [0.2, 0.25) is 0 Å². The van der Waals surface area contributed by atoms with Crippen LogP contribution in [0, 0.1) is 0 Å². The van der Waals surface area contributed by atoms with Gasteiger partial charge in [0.2, 0.25) is 0 Å². The molecule has 0 fully saturated rings. The first kappa shape index (κ1) is 71.4. The van der Waals surface area contributed by atoms with Gasteiger partial charge in [0.25, 0.3) is 0 Å². The average Bonchev–Trinajstić information content (AvgIpc) is 3.40. The molecule has 0 bridgehead atoms. The Kier molecular flexibility index (Phi) is 60.7. The predicted octanol–water partition coefficient (Wildman–Crippen LogP) is 22.2. The standard InChI is InChI=1S/C68H124O6/c1-4-7-10-13-16-19-22-25-28-31-34-37-40-43-46-49-52-55-58-61-67(70)73-64-65(63-72-66(69)60-57-54-51-48-45-42-39-36-33-30-27-24-21-18-15-12-9-6-3)74-68(71)62-59-56-53-50-47-44-41-38-35-32-29-26-23-20-17-14-11-8-5-2/h24,27,30-31,33-34,36,39,65H,4-23,25-26,28-29,32,35,37-38,40-64H2,1-3H3/b27-24-,33-30-,34-31-,39-36-. The summed E-state index contributed by atoms with van der Waals surface area (Å²) in [6.45, 7) is 6.66. The fourth-order valence-electron chi connectivity index (χ4n) is 9.68. The second-order valence-electron chi connectivity index (χ2n) is 22.1. The number of unbranched alkanes of at least 4 members (excludes halogenated alkanes) is 43. The molecule has 0 heterocycles. The fraction of sp³-hybridized carbons (Fsp3) is 0.838. The van der Waals surface area contributed by atoms with Crippen molar-refractivity contribution in [2.75, 3.05) is 13.2 Å². The monoisotopic (exact) mass is 1040 g/mol. The first-order valence-electron chi connectivity index (χ1n) is 32.7. The largest absolute Gasteiger partial charge is 0.462 e. The van der Waals surface area contributed by atoms with Crippen LogP contribution in [-0.4, -0.2) is 37.2 Å². The van der Waals surface area contributed by atoms with Crippen molar-refractivity contribution in [3.63, 3.8) is 0 Å². The van der Waals surface area contributed by atoms with Gasteiger partial charge in [-0.05, 0) is 70.6 Å². The van der Waals surface area contributed by atoms with E-state index >= 15 is 0 Å². The first-order valence-corrected chi connectivity index (χ1v) is 32.7. The minimum Gasteiger partial charge on any atom is -0.462 e. The molecule has 0 aliphatic rings. The summed E-state index contributed by atoms with van der Waals surface area (Å²) in [5.74, 6) is -0.880. The van der Waals surface area contributed by atoms with Gasteiger partial charge in [0.1, 0.15) is 13.2 Å². The topological polar surface area (TPSA) is 78.9 Å². The van der Waals surface area contributed by atoms with Crippen LogP contribution in [0.5, 0.6) is 0 Å². The summed E-state index contributed by atoms with van der Waals surface area (Å²) in [5.41, 5.74) is 0. The summed E-state index contributed by atoms with van der Waals surface area (Å²) in [6.07, 6.45) is 78.3. The number of esters is 3. The van der Waals surface area contributed by atoms with Gasteiger partial charge in [-0.1, -0.05) is 307 Å². The molecule has 0 N–H and O–H groups in total. The number of allylic oxidation sites excluding steroid dienone is 8. The van der Waals surface area contributed by atoms with Gasteiger partial charge in [0, 0.05) is 19.3 Å². The summed E-state index contributed by atoms with van der Waals surface area (Å²) >= 11 is 0. The van der Waals surface area contributed by atoms with Crippen LogP contribution in [0.4, 0.5) is 0 Å². The molecule has 0 aliphatic carbocycles. The number of rotatable bonds is 60. The molecular weight excluding hydrogens is 913 g/mol. The highest BCUT2D eigenvalue weighted by Gasteiger charge is 2.19. The van der Waals surface area contributed by atoms with Crippen molar-refractivity contribution in [1.29, 1.82) is 0 Å². The molecule has 1 atom stereocenters. The van der Waals surface area contributed by atoms with E-state index in [9.17, 15) is 14.4 Å². The Morgan fingerprint density at radius 2 is 0.500 bits per heavy atom. The van der Waals surface area contributed by atoms with Gasteiger partial charge in [-0.2, -0.15) is 0 Å². The summed E-state index contributed by atoms with van der Waals surface area (Å²) in [5, 5.41) is 0. The zero-order valence-corrected chi connectivity index (χ0v) is 49.6. The number of ether oxygens (including phenoxy) is 3. The van der Waals surface area contributed by atoms with Gasteiger partial charge in [0.05, 0.1) is 0 Å². The Labute approximate surface area is 460 Å². The second-order valence-corrected chi connectivity index (χ2v) is 22.1. The van der Waals surface area contributed by atoms with Gasteiger partial charge < -0.3 is 14.2 Å². The first-order chi connectivity index (χ1) is 36.5. The van der Waals surface area contributed by atoms with Gasteiger partial charge in [0.15, 0.2) is 6.10 Å². The maximum Gasteiger partial charge on any atom is 0.306 e. The minimum atomic E-state index is -0.782. The zero-order chi connectivity index (χ0) is 53.6. The van der Waals surface area contributed by atoms with Crippen LogP contribution >= 0.6 is 0 Å². The Hall–Kier alpha value is -2.63. The van der Waals surface area contributed by atoms with E-state index in [0.717, 1.165) is 77.0 Å². The van der Waals surface area contributed by atoms with Crippen molar-refractivity contribution in [3.8, 4) is 0 Å². The summed E-state index contributed by atoms with van der Waals surface area (Å²) < 4.78 is 16.9. The lowest BCUT2D eigenvalue weighted by molar-refractivity contribution is -0.167. The molecular formula is C68H124O6. The summed E-state index contributed by atoms with van der Waals surface area (Å²) in [6, 6.07) is 0. The lowest BCUT2D eigenvalue weighted by Gasteiger charge is -2.18. The van der Waals surface area contributed by atoms with Crippen molar-refractivity contribution in [2.45, 2.75) is 354 Å². The molecule has 6 heteroatoms. The number of carbonyl (C=O) groups excluding carboxylic acids is 3. The highest BCUT2D eigenvalue weighted by atomic mass is 16.6. The quantitative estimate of drug-likeness (QED) is 0.0199. The van der Waals surface area contributed by atoms with Crippen LogP contribution in [0.15, 0.2) is 48.6 Å². The fourth-order valence-corrected chi connectivity index (χ4v) is 9.68. The molecule has 1 unspecified atom stereocenters. The summed E-state index contributed by atoms with van der Waals surface area (Å²) in [4.78, 5) is 38.3. The third-order valence-corrected chi connectivity index (χ3v) is 14.6. The lowest BCUT2D eigenvalue weighted by atomic mass is 10.0. The molecule has 0 aromatic rings. The normalized spacial score (nSPS) is 12.3. The van der Waals surface area contributed by atoms with Crippen LogP contribution in [0.3, 0.4) is 0 Å².